The van der Waals surface area contributed by atoms with Crippen LogP contribution in [0.25, 0.3) is 5.52 Å². The number of fused-ring (bicyclic) bond motifs is 1. The predicted molar refractivity (Wildman–Crippen MR) is 54.8 cm³/mol. The molecule has 2 aromatic heterocycles. The van der Waals surface area contributed by atoms with Gasteiger partial charge in [-0.2, -0.15) is 0 Å². The lowest BCUT2D eigenvalue weighted by Crippen LogP contribution is -1.97. The monoisotopic (exact) mass is 263 g/mol. The summed E-state index contributed by atoms with van der Waals surface area (Å²) < 4.78 is 23.6. The molecule has 0 bridgehead atoms. The zero-order valence-corrected chi connectivity index (χ0v) is 8.59. The van der Waals surface area contributed by atoms with Crippen LogP contribution in [0.1, 0.15) is 9.94 Å². The Labute approximate surface area is 92.1 Å². The number of hydrogen-bond donors (Lipinski definition) is 1. The SMILES string of the molecule is [2H]C([2H])([2H])c1nc(Br)c2c(N)ncc(Cl)n12. The molecule has 0 saturated carbocycles. The standard InChI is InChI=1S/C7H6BrClN4/c1-3-12-6(8)5-7(10)11-2-4(9)13(3)5/h2H,1H3,(H2,10,11)/i1D3. The van der Waals surface area contributed by atoms with Crippen molar-refractivity contribution in [1.29, 1.82) is 0 Å². The summed E-state index contributed by atoms with van der Waals surface area (Å²) in [6.45, 7) is -2.37. The van der Waals surface area contributed by atoms with E-state index >= 15 is 0 Å². The Morgan fingerprint density at radius 3 is 3.23 bits per heavy atom. The van der Waals surface area contributed by atoms with Crippen LogP contribution in [0.5, 0.6) is 0 Å². The van der Waals surface area contributed by atoms with Crippen LogP contribution < -0.4 is 5.73 Å². The van der Waals surface area contributed by atoms with E-state index in [-0.39, 0.29) is 16.8 Å². The second kappa shape index (κ2) is 2.85. The third kappa shape index (κ3) is 1.19. The molecule has 2 aromatic rings. The molecule has 4 nitrogen and oxygen atoms in total. The van der Waals surface area contributed by atoms with E-state index in [0.29, 0.717) is 10.1 Å². The van der Waals surface area contributed by atoms with Gasteiger partial charge in [0.15, 0.2) is 5.82 Å². The van der Waals surface area contributed by atoms with Crippen molar-refractivity contribution in [2.75, 3.05) is 5.73 Å². The number of hydrogen-bond acceptors (Lipinski definition) is 3. The van der Waals surface area contributed by atoms with Crippen LogP contribution >= 0.6 is 27.5 Å². The molecule has 0 atom stereocenters. The Morgan fingerprint density at radius 1 is 1.77 bits per heavy atom. The van der Waals surface area contributed by atoms with E-state index in [4.69, 9.17) is 21.4 Å². The number of aromatic nitrogens is 3. The Hall–Kier alpha value is -0.810. The van der Waals surface area contributed by atoms with Gasteiger partial charge in [-0.1, -0.05) is 11.6 Å². The normalized spacial score (nSPS) is 15.4. The molecule has 0 radical (unpaired) electrons. The molecule has 0 aliphatic carbocycles. The largest absolute Gasteiger partial charge is 0.382 e. The molecule has 6 heteroatoms. The van der Waals surface area contributed by atoms with Gasteiger partial charge in [0.2, 0.25) is 0 Å². The number of rotatable bonds is 0. The fourth-order valence-electron chi connectivity index (χ4n) is 1.06. The predicted octanol–water partition coefficient (Wildman–Crippen LogP) is 2.04. The van der Waals surface area contributed by atoms with Crippen molar-refractivity contribution in [2.24, 2.45) is 0 Å². The van der Waals surface area contributed by atoms with Gasteiger partial charge in [-0.3, -0.25) is 4.40 Å². The van der Waals surface area contributed by atoms with Gasteiger partial charge < -0.3 is 5.73 Å². The van der Waals surface area contributed by atoms with Crippen molar-refractivity contribution >= 4 is 38.9 Å². The second-order valence-electron chi connectivity index (χ2n) is 2.38. The Bertz CT molecular complexity index is 565. The first kappa shape index (κ1) is 5.82. The Balaban J connectivity index is 2.94. The van der Waals surface area contributed by atoms with Crippen LogP contribution in [-0.4, -0.2) is 14.4 Å². The van der Waals surface area contributed by atoms with E-state index in [1.54, 1.807) is 0 Å². The van der Waals surface area contributed by atoms with E-state index in [1.807, 2.05) is 0 Å². The summed E-state index contributed by atoms with van der Waals surface area (Å²) in [5.41, 5.74) is 6.00. The maximum absolute atomic E-state index is 7.34. The summed E-state index contributed by atoms with van der Waals surface area (Å²) in [5.74, 6) is 0.0211. The molecule has 0 spiro atoms. The molecule has 2 N–H and O–H groups in total. The highest BCUT2D eigenvalue weighted by atomic mass is 79.9. The molecule has 2 heterocycles. The third-order valence-electron chi connectivity index (χ3n) is 1.60. The van der Waals surface area contributed by atoms with Crippen molar-refractivity contribution in [3.63, 3.8) is 0 Å². The number of nitrogens with two attached hydrogens (primary N) is 1. The first-order chi connectivity index (χ1) is 7.32. The average molecular weight is 265 g/mol. The lowest BCUT2D eigenvalue weighted by Gasteiger charge is -2.01. The van der Waals surface area contributed by atoms with Gasteiger partial charge in [-0.15, -0.1) is 0 Å². The molecule has 0 saturated heterocycles. The summed E-state index contributed by atoms with van der Waals surface area (Å²) in [6, 6.07) is 0. The number of imidazole rings is 1. The first-order valence-electron chi connectivity index (χ1n) is 4.81. The highest BCUT2D eigenvalue weighted by Gasteiger charge is 2.11. The van der Waals surface area contributed by atoms with Crippen LogP contribution in [-0.2, 0) is 0 Å². The van der Waals surface area contributed by atoms with E-state index in [0.717, 1.165) is 0 Å². The molecular weight excluding hydrogens is 255 g/mol. The van der Waals surface area contributed by atoms with Crippen molar-refractivity contribution in [1.82, 2.24) is 14.4 Å². The summed E-state index contributed by atoms with van der Waals surface area (Å²) in [4.78, 5) is 7.73. The molecule has 0 fully saturated rings. The summed E-state index contributed by atoms with van der Waals surface area (Å²) in [6.07, 6.45) is 1.28. The van der Waals surface area contributed by atoms with Gasteiger partial charge in [-0.25, -0.2) is 9.97 Å². The average Bonchev–Trinajstić information content (AvgIpc) is 2.51. The maximum atomic E-state index is 7.34. The number of aryl methyl sites for hydroxylation is 1. The molecule has 0 aliphatic rings. The van der Waals surface area contributed by atoms with Gasteiger partial charge in [0.05, 0.1) is 6.20 Å². The number of nitrogens with zero attached hydrogens (tertiary/aromatic N) is 3. The lowest BCUT2D eigenvalue weighted by atomic mass is 10.5. The molecule has 68 valence electrons. The Morgan fingerprint density at radius 2 is 2.54 bits per heavy atom. The van der Waals surface area contributed by atoms with Gasteiger partial charge in [0, 0.05) is 4.11 Å². The first-order valence-corrected chi connectivity index (χ1v) is 4.48. The van der Waals surface area contributed by atoms with Crippen LogP contribution in [0.4, 0.5) is 5.82 Å². The van der Waals surface area contributed by atoms with E-state index in [1.165, 1.54) is 10.6 Å². The van der Waals surface area contributed by atoms with Crippen LogP contribution in [0.15, 0.2) is 10.8 Å². The van der Waals surface area contributed by atoms with Gasteiger partial charge in [-0.05, 0) is 22.8 Å². The minimum absolute atomic E-state index is 0.145. The van der Waals surface area contributed by atoms with E-state index in [9.17, 15) is 0 Å². The van der Waals surface area contributed by atoms with E-state index in [2.05, 4.69) is 25.9 Å². The molecule has 0 unspecified atom stereocenters. The van der Waals surface area contributed by atoms with Gasteiger partial charge in [0.1, 0.15) is 21.1 Å². The lowest BCUT2D eigenvalue weighted by molar-refractivity contribution is 1.03. The summed E-state index contributed by atoms with van der Waals surface area (Å²) in [5, 5.41) is 0.147. The molecular formula is C7H6BrClN4. The van der Waals surface area contributed by atoms with Crippen LogP contribution in [0.3, 0.4) is 0 Å². The number of anilines is 1. The van der Waals surface area contributed by atoms with Crippen molar-refractivity contribution in [3.05, 3.63) is 21.8 Å². The van der Waals surface area contributed by atoms with Crippen LogP contribution in [0.2, 0.25) is 5.15 Å². The Kier molecular flexibility index (Phi) is 1.28. The minimum atomic E-state index is -2.37. The number of nitrogen functional groups attached to an aromatic ring is 1. The third-order valence-corrected chi connectivity index (χ3v) is 2.42. The maximum Gasteiger partial charge on any atom is 0.150 e. The van der Waals surface area contributed by atoms with E-state index < -0.39 is 6.85 Å². The van der Waals surface area contributed by atoms with Crippen molar-refractivity contribution < 1.29 is 4.11 Å². The summed E-state index contributed by atoms with van der Waals surface area (Å²) in [7, 11) is 0. The quantitative estimate of drug-likeness (QED) is 0.792. The van der Waals surface area contributed by atoms with Gasteiger partial charge >= 0.3 is 0 Å². The van der Waals surface area contributed by atoms with Crippen molar-refractivity contribution in [3.8, 4) is 0 Å². The summed E-state index contributed by atoms with van der Waals surface area (Å²) >= 11 is 9.02. The highest BCUT2D eigenvalue weighted by Crippen LogP contribution is 2.25. The smallest absolute Gasteiger partial charge is 0.150 e. The topological polar surface area (TPSA) is 56.2 Å². The molecule has 2 rings (SSSR count). The molecule has 0 aliphatic heterocycles. The zero-order chi connectivity index (χ0) is 12.1. The minimum Gasteiger partial charge on any atom is -0.382 e. The highest BCUT2D eigenvalue weighted by molar-refractivity contribution is 9.10. The van der Waals surface area contributed by atoms with Crippen LogP contribution in [0, 0.1) is 6.85 Å². The van der Waals surface area contributed by atoms with Crippen molar-refractivity contribution in [2.45, 2.75) is 6.85 Å². The molecule has 0 aromatic carbocycles. The second-order valence-corrected chi connectivity index (χ2v) is 3.51. The molecule has 13 heavy (non-hydrogen) atoms. The fraction of sp³-hybridized carbons (Fsp3) is 0.143. The van der Waals surface area contributed by atoms with Gasteiger partial charge in [0.25, 0.3) is 0 Å². The fourth-order valence-corrected chi connectivity index (χ4v) is 1.83. The zero-order valence-electron chi connectivity index (χ0n) is 9.25. The number of halogens is 2. The molecule has 0 amide bonds.